The number of rotatable bonds is 7. The highest BCUT2D eigenvalue weighted by atomic mass is 16.5. The molecule has 1 aromatic heterocycles. The van der Waals surface area contributed by atoms with Gasteiger partial charge in [0.05, 0.1) is 27.9 Å². The topological polar surface area (TPSA) is 91.7 Å². The predicted molar refractivity (Wildman–Crippen MR) is 108 cm³/mol. The number of ether oxygens (including phenoxy) is 3. The Kier molecular flexibility index (Phi) is 6.13. The van der Waals surface area contributed by atoms with E-state index in [0.29, 0.717) is 22.9 Å². The first-order chi connectivity index (χ1) is 14.0. The lowest BCUT2D eigenvalue weighted by Crippen LogP contribution is -2.26. The van der Waals surface area contributed by atoms with E-state index in [9.17, 15) is 9.59 Å². The van der Waals surface area contributed by atoms with E-state index in [1.54, 1.807) is 12.1 Å². The third-order valence-electron chi connectivity index (χ3n) is 4.20. The Labute approximate surface area is 167 Å². The summed E-state index contributed by atoms with van der Waals surface area (Å²) < 4.78 is 17.1. The van der Waals surface area contributed by atoms with Crippen molar-refractivity contribution >= 4 is 11.6 Å². The quantitative estimate of drug-likeness (QED) is 0.661. The van der Waals surface area contributed by atoms with Crippen molar-refractivity contribution in [1.82, 2.24) is 9.78 Å². The van der Waals surface area contributed by atoms with Crippen LogP contribution >= 0.6 is 0 Å². The minimum Gasteiger partial charge on any atom is -0.493 e. The predicted octanol–water partition coefficient (Wildman–Crippen LogP) is 2.57. The van der Waals surface area contributed by atoms with E-state index in [2.05, 4.69) is 10.4 Å². The Morgan fingerprint density at radius 1 is 0.966 bits per heavy atom. The van der Waals surface area contributed by atoms with Gasteiger partial charge in [-0.15, -0.1) is 0 Å². The second-order valence-corrected chi connectivity index (χ2v) is 6.07. The summed E-state index contributed by atoms with van der Waals surface area (Å²) in [6.07, 6.45) is 0. The summed E-state index contributed by atoms with van der Waals surface area (Å²) in [4.78, 5) is 24.8. The number of carbonyl (C=O) groups is 1. The van der Waals surface area contributed by atoms with E-state index in [1.165, 1.54) is 38.1 Å². The summed E-state index contributed by atoms with van der Waals surface area (Å²) in [6, 6.07) is 15.3. The van der Waals surface area contributed by atoms with Crippen LogP contribution in [0.25, 0.3) is 0 Å². The zero-order valence-electron chi connectivity index (χ0n) is 16.3. The highest BCUT2D eigenvalue weighted by molar-refractivity contribution is 6.03. The van der Waals surface area contributed by atoms with Crippen molar-refractivity contribution in [2.75, 3.05) is 26.6 Å². The maximum absolute atomic E-state index is 12.7. The standard InChI is InChI=1S/C21H21N3O5/c1-27-17-11-15(12-18(28-2)20(17)29-3)22-21(26)16-9-10-19(25)24(23-16)13-14-7-5-4-6-8-14/h4-12H,13H2,1-3H3,(H,22,26). The first-order valence-electron chi connectivity index (χ1n) is 8.79. The van der Waals surface area contributed by atoms with Gasteiger partial charge in [0.15, 0.2) is 11.5 Å². The van der Waals surface area contributed by atoms with Gasteiger partial charge in [0.25, 0.3) is 11.5 Å². The average molecular weight is 395 g/mol. The highest BCUT2D eigenvalue weighted by Crippen LogP contribution is 2.39. The normalized spacial score (nSPS) is 10.3. The lowest BCUT2D eigenvalue weighted by molar-refractivity contribution is 0.102. The van der Waals surface area contributed by atoms with Crippen LogP contribution in [0, 0.1) is 0 Å². The van der Waals surface area contributed by atoms with E-state index in [0.717, 1.165) is 5.56 Å². The van der Waals surface area contributed by atoms with E-state index >= 15 is 0 Å². The fourth-order valence-electron chi connectivity index (χ4n) is 2.79. The molecule has 3 rings (SSSR count). The molecule has 3 aromatic rings. The molecule has 29 heavy (non-hydrogen) atoms. The maximum Gasteiger partial charge on any atom is 0.276 e. The molecule has 0 bridgehead atoms. The molecule has 150 valence electrons. The molecule has 1 heterocycles. The van der Waals surface area contributed by atoms with Crippen molar-refractivity contribution in [3.63, 3.8) is 0 Å². The molecule has 0 fully saturated rings. The van der Waals surface area contributed by atoms with Crippen molar-refractivity contribution in [3.05, 3.63) is 76.2 Å². The lowest BCUT2D eigenvalue weighted by atomic mass is 10.2. The van der Waals surface area contributed by atoms with E-state index in [-0.39, 0.29) is 17.8 Å². The van der Waals surface area contributed by atoms with Crippen LogP contribution in [0.15, 0.2) is 59.4 Å². The number of hydrogen-bond donors (Lipinski definition) is 1. The summed E-state index contributed by atoms with van der Waals surface area (Å²) in [7, 11) is 4.48. The molecule has 0 radical (unpaired) electrons. The summed E-state index contributed by atoms with van der Waals surface area (Å²) in [5.74, 6) is 0.761. The molecule has 0 saturated heterocycles. The van der Waals surface area contributed by atoms with Crippen LogP contribution in [-0.2, 0) is 6.54 Å². The molecular weight excluding hydrogens is 374 g/mol. The van der Waals surface area contributed by atoms with Gasteiger partial charge >= 0.3 is 0 Å². The average Bonchev–Trinajstić information content (AvgIpc) is 2.75. The van der Waals surface area contributed by atoms with Gasteiger partial charge in [-0.3, -0.25) is 9.59 Å². The zero-order chi connectivity index (χ0) is 20.8. The minimum absolute atomic E-state index is 0.106. The van der Waals surface area contributed by atoms with E-state index in [4.69, 9.17) is 14.2 Å². The van der Waals surface area contributed by atoms with Crippen molar-refractivity contribution in [3.8, 4) is 17.2 Å². The van der Waals surface area contributed by atoms with Crippen LogP contribution in [0.3, 0.4) is 0 Å². The summed E-state index contributed by atoms with van der Waals surface area (Å²) >= 11 is 0. The summed E-state index contributed by atoms with van der Waals surface area (Å²) in [5, 5.41) is 6.92. The molecule has 0 saturated carbocycles. The van der Waals surface area contributed by atoms with Crippen LogP contribution in [0.1, 0.15) is 16.1 Å². The molecular formula is C21H21N3O5. The molecule has 0 unspecified atom stereocenters. The Morgan fingerprint density at radius 3 is 2.21 bits per heavy atom. The number of anilines is 1. The Balaban J connectivity index is 1.86. The molecule has 0 spiro atoms. The number of carbonyl (C=O) groups excluding carboxylic acids is 1. The summed E-state index contributed by atoms with van der Waals surface area (Å²) in [6.45, 7) is 0.269. The van der Waals surface area contributed by atoms with Gasteiger partial charge in [0, 0.05) is 23.9 Å². The highest BCUT2D eigenvalue weighted by Gasteiger charge is 2.16. The number of methoxy groups -OCH3 is 3. The van der Waals surface area contributed by atoms with Gasteiger partial charge in [0.2, 0.25) is 5.75 Å². The van der Waals surface area contributed by atoms with Crippen LogP contribution in [0.5, 0.6) is 17.2 Å². The second kappa shape index (κ2) is 8.92. The van der Waals surface area contributed by atoms with Crippen molar-refractivity contribution in [2.45, 2.75) is 6.54 Å². The fraction of sp³-hybridized carbons (Fsp3) is 0.190. The molecule has 2 aromatic carbocycles. The monoisotopic (exact) mass is 395 g/mol. The first-order valence-corrected chi connectivity index (χ1v) is 8.79. The van der Waals surface area contributed by atoms with Crippen LogP contribution < -0.4 is 25.1 Å². The summed E-state index contributed by atoms with van der Waals surface area (Å²) in [5.41, 5.74) is 1.16. The SMILES string of the molecule is COc1cc(NC(=O)c2ccc(=O)n(Cc3ccccc3)n2)cc(OC)c1OC. The molecule has 8 heteroatoms. The molecule has 0 aliphatic rings. The van der Waals surface area contributed by atoms with Gasteiger partial charge in [0.1, 0.15) is 5.69 Å². The van der Waals surface area contributed by atoms with Crippen molar-refractivity contribution in [1.29, 1.82) is 0 Å². The fourth-order valence-corrected chi connectivity index (χ4v) is 2.79. The van der Waals surface area contributed by atoms with Crippen LogP contribution in [-0.4, -0.2) is 37.0 Å². The van der Waals surface area contributed by atoms with Gasteiger partial charge in [-0.25, -0.2) is 4.68 Å². The van der Waals surface area contributed by atoms with Gasteiger partial charge in [-0.05, 0) is 11.6 Å². The zero-order valence-corrected chi connectivity index (χ0v) is 16.3. The second-order valence-electron chi connectivity index (χ2n) is 6.07. The number of hydrogen-bond acceptors (Lipinski definition) is 6. The largest absolute Gasteiger partial charge is 0.493 e. The molecule has 1 N–H and O–H groups in total. The number of nitrogens with zero attached hydrogens (tertiary/aromatic N) is 2. The third-order valence-corrected chi connectivity index (χ3v) is 4.20. The molecule has 0 aliphatic carbocycles. The van der Waals surface area contributed by atoms with E-state index < -0.39 is 5.91 Å². The number of benzene rings is 2. The van der Waals surface area contributed by atoms with Crippen molar-refractivity contribution < 1.29 is 19.0 Å². The third kappa shape index (κ3) is 4.55. The van der Waals surface area contributed by atoms with Gasteiger partial charge in [-0.2, -0.15) is 5.10 Å². The van der Waals surface area contributed by atoms with Gasteiger partial charge < -0.3 is 19.5 Å². The minimum atomic E-state index is -0.471. The smallest absolute Gasteiger partial charge is 0.276 e. The number of amides is 1. The Morgan fingerprint density at radius 2 is 1.62 bits per heavy atom. The van der Waals surface area contributed by atoms with E-state index in [1.807, 2.05) is 30.3 Å². The molecule has 0 aliphatic heterocycles. The maximum atomic E-state index is 12.7. The van der Waals surface area contributed by atoms with Crippen LogP contribution in [0.4, 0.5) is 5.69 Å². The lowest BCUT2D eigenvalue weighted by Gasteiger charge is -2.14. The van der Waals surface area contributed by atoms with Crippen molar-refractivity contribution in [2.24, 2.45) is 0 Å². The molecule has 8 nitrogen and oxygen atoms in total. The van der Waals surface area contributed by atoms with Gasteiger partial charge in [-0.1, -0.05) is 30.3 Å². The molecule has 1 amide bonds. The Hall–Kier alpha value is -3.81. The Bertz CT molecular complexity index is 1040. The number of aromatic nitrogens is 2. The number of nitrogens with one attached hydrogen (secondary N) is 1. The molecule has 0 atom stereocenters. The first kappa shape index (κ1) is 19.9. The van der Waals surface area contributed by atoms with Crippen LogP contribution in [0.2, 0.25) is 0 Å².